The zero-order valence-electron chi connectivity index (χ0n) is 16.2. The molecule has 1 aromatic carbocycles. The first-order chi connectivity index (χ1) is 13.5. The fraction of sp³-hybridized carbons (Fsp3) is 0.429. The molecule has 4 rings (SSSR count). The Labute approximate surface area is 168 Å². The van der Waals surface area contributed by atoms with Crippen LogP contribution in [0.3, 0.4) is 0 Å². The van der Waals surface area contributed by atoms with Crippen LogP contribution < -0.4 is 5.32 Å². The Morgan fingerprint density at radius 3 is 2.96 bits per heavy atom. The maximum Gasteiger partial charge on any atom is 0.230 e. The summed E-state index contributed by atoms with van der Waals surface area (Å²) in [7, 11) is 0. The van der Waals surface area contributed by atoms with Gasteiger partial charge in [0.1, 0.15) is 5.82 Å². The average Bonchev–Trinajstić information content (AvgIpc) is 3.21. The predicted octanol–water partition coefficient (Wildman–Crippen LogP) is 4.49. The number of H-pyrrole nitrogens is 1. The van der Waals surface area contributed by atoms with Gasteiger partial charge in [-0.3, -0.25) is 9.69 Å². The third kappa shape index (κ3) is 4.25. The molecule has 5 nitrogen and oxygen atoms in total. The lowest BCUT2D eigenvalue weighted by molar-refractivity contribution is -0.115. The van der Waals surface area contributed by atoms with Gasteiger partial charge in [-0.05, 0) is 62.5 Å². The highest BCUT2D eigenvalue weighted by atomic mass is 32.1. The molecular formula is C21H25FN4OS. The highest BCUT2D eigenvalue weighted by Crippen LogP contribution is 2.25. The Balaban J connectivity index is 1.39. The largest absolute Gasteiger partial charge is 0.358 e. The maximum absolute atomic E-state index is 13.6. The SMILES string of the molecule is Cc1[nH]c2ccc(F)cc2c1CC(=O)Nc1nc(CN2CCC(C)CC2)cs1. The minimum Gasteiger partial charge on any atom is -0.358 e. The molecule has 0 radical (unpaired) electrons. The molecule has 0 saturated carbocycles. The Morgan fingerprint density at radius 1 is 1.39 bits per heavy atom. The zero-order chi connectivity index (χ0) is 19.7. The second-order valence-electron chi connectivity index (χ2n) is 7.75. The van der Waals surface area contributed by atoms with E-state index in [0.29, 0.717) is 5.13 Å². The van der Waals surface area contributed by atoms with Gasteiger partial charge in [0.25, 0.3) is 0 Å². The first-order valence-electron chi connectivity index (χ1n) is 9.71. The summed E-state index contributed by atoms with van der Waals surface area (Å²) in [4.78, 5) is 22.7. The molecule has 1 saturated heterocycles. The minimum absolute atomic E-state index is 0.138. The van der Waals surface area contributed by atoms with Gasteiger partial charge >= 0.3 is 0 Å². The van der Waals surface area contributed by atoms with Crippen molar-refractivity contribution in [1.82, 2.24) is 14.9 Å². The van der Waals surface area contributed by atoms with Crippen molar-refractivity contribution in [2.24, 2.45) is 5.92 Å². The van der Waals surface area contributed by atoms with Crippen LogP contribution in [0, 0.1) is 18.7 Å². The Hall–Kier alpha value is -2.25. The van der Waals surface area contributed by atoms with Gasteiger partial charge in [-0.15, -0.1) is 11.3 Å². The molecule has 1 fully saturated rings. The molecule has 7 heteroatoms. The molecule has 3 aromatic rings. The number of piperidine rings is 1. The molecule has 148 valence electrons. The second kappa shape index (κ2) is 8.01. The smallest absolute Gasteiger partial charge is 0.230 e. The fourth-order valence-electron chi connectivity index (χ4n) is 3.79. The van der Waals surface area contributed by atoms with E-state index >= 15 is 0 Å². The van der Waals surface area contributed by atoms with E-state index in [1.54, 1.807) is 6.07 Å². The summed E-state index contributed by atoms with van der Waals surface area (Å²) in [6, 6.07) is 4.60. The quantitative estimate of drug-likeness (QED) is 0.664. The van der Waals surface area contributed by atoms with Crippen molar-refractivity contribution in [2.45, 2.75) is 39.7 Å². The van der Waals surface area contributed by atoms with Crippen LogP contribution in [0.5, 0.6) is 0 Å². The van der Waals surface area contributed by atoms with E-state index in [9.17, 15) is 9.18 Å². The molecule has 1 aliphatic rings. The third-order valence-corrected chi connectivity index (χ3v) is 6.29. The van der Waals surface area contributed by atoms with Gasteiger partial charge in [-0.1, -0.05) is 6.92 Å². The highest BCUT2D eigenvalue weighted by Gasteiger charge is 2.18. The van der Waals surface area contributed by atoms with Crippen LogP contribution >= 0.6 is 11.3 Å². The number of thiazole rings is 1. The highest BCUT2D eigenvalue weighted by molar-refractivity contribution is 7.13. The molecule has 2 aromatic heterocycles. The third-order valence-electron chi connectivity index (χ3n) is 5.48. The monoisotopic (exact) mass is 400 g/mol. The molecule has 28 heavy (non-hydrogen) atoms. The number of nitrogens with zero attached hydrogens (tertiary/aromatic N) is 2. The topological polar surface area (TPSA) is 61.0 Å². The van der Waals surface area contributed by atoms with Crippen molar-refractivity contribution < 1.29 is 9.18 Å². The molecule has 3 heterocycles. The Kier molecular flexibility index (Phi) is 5.46. The number of fused-ring (bicyclic) bond motifs is 1. The van der Waals surface area contributed by atoms with Crippen molar-refractivity contribution in [1.29, 1.82) is 0 Å². The fourth-order valence-corrected chi connectivity index (χ4v) is 4.51. The summed E-state index contributed by atoms with van der Waals surface area (Å²) < 4.78 is 13.6. The van der Waals surface area contributed by atoms with Gasteiger partial charge in [0.05, 0.1) is 12.1 Å². The van der Waals surface area contributed by atoms with E-state index in [2.05, 4.69) is 27.1 Å². The van der Waals surface area contributed by atoms with Gasteiger partial charge in [-0.25, -0.2) is 9.37 Å². The van der Waals surface area contributed by atoms with Gasteiger partial charge in [-0.2, -0.15) is 0 Å². The van der Waals surface area contributed by atoms with E-state index in [1.807, 2.05) is 12.3 Å². The zero-order valence-corrected chi connectivity index (χ0v) is 17.0. The van der Waals surface area contributed by atoms with Crippen LogP contribution in [0.25, 0.3) is 10.9 Å². The van der Waals surface area contributed by atoms with E-state index < -0.39 is 0 Å². The summed E-state index contributed by atoms with van der Waals surface area (Å²) in [6.45, 7) is 7.26. The van der Waals surface area contributed by atoms with Gasteiger partial charge < -0.3 is 10.3 Å². The predicted molar refractivity (Wildman–Crippen MR) is 111 cm³/mol. The molecule has 0 unspecified atom stereocenters. The summed E-state index contributed by atoms with van der Waals surface area (Å²) >= 11 is 1.45. The number of benzene rings is 1. The van der Waals surface area contributed by atoms with Crippen LogP contribution in [-0.2, 0) is 17.8 Å². The van der Waals surface area contributed by atoms with Crippen molar-refractivity contribution >= 4 is 33.3 Å². The summed E-state index contributed by atoms with van der Waals surface area (Å²) in [5.74, 6) is 0.369. The van der Waals surface area contributed by atoms with Crippen LogP contribution in [0.1, 0.15) is 36.7 Å². The summed E-state index contributed by atoms with van der Waals surface area (Å²) in [5.41, 5.74) is 3.55. The van der Waals surface area contributed by atoms with E-state index in [-0.39, 0.29) is 18.1 Å². The molecule has 1 aliphatic heterocycles. The standard InChI is InChI=1S/C21H25FN4OS/c1-13-5-7-26(8-6-13)11-16-12-28-21(24-16)25-20(27)10-17-14(2)23-19-4-3-15(22)9-18(17)19/h3-4,9,12-13,23H,5-8,10-11H2,1-2H3,(H,24,25,27). The van der Waals surface area contributed by atoms with E-state index in [4.69, 9.17) is 0 Å². The molecule has 0 bridgehead atoms. The number of aromatic nitrogens is 2. The molecule has 1 amide bonds. The first-order valence-corrected chi connectivity index (χ1v) is 10.6. The number of hydrogen-bond acceptors (Lipinski definition) is 4. The van der Waals surface area contributed by atoms with Crippen molar-refractivity contribution in [3.63, 3.8) is 0 Å². The molecule has 0 aliphatic carbocycles. The number of aromatic amines is 1. The van der Waals surface area contributed by atoms with E-state index in [0.717, 1.165) is 53.4 Å². The van der Waals surface area contributed by atoms with Gasteiger partial charge in [0.2, 0.25) is 5.91 Å². The number of likely N-dealkylation sites (tertiary alicyclic amines) is 1. The molecule has 2 N–H and O–H groups in total. The first kappa shape index (κ1) is 19.1. The number of halogens is 1. The lowest BCUT2D eigenvalue weighted by Gasteiger charge is -2.29. The van der Waals surface area contributed by atoms with Crippen LogP contribution in [0.4, 0.5) is 9.52 Å². The number of rotatable bonds is 5. The normalized spacial score (nSPS) is 16.0. The second-order valence-corrected chi connectivity index (χ2v) is 8.60. The lowest BCUT2D eigenvalue weighted by atomic mass is 9.99. The molecular weight excluding hydrogens is 375 g/mol. The summed E-state index contributed by atoms with van der Waals surface area (Å²) in [5, 5.41) is 6.28. The Bertz CT molecular complexity index is 988. The van der Waals surface area contributed by atoms with Crippen molar-refractivity contribution in [3.8, 4) is 0 Å². The van der Waals surface area contributed by atoms with Crippen molar-refractivity contribution in [3.05, 3.63) is 46.3 Å². The number of carbonyl (C=O) groups is 1. The molecule has 0 atom stereocenters. The maximum atomic E-state index is 13.6. The van der Waals surface area contributed by atoms with Gasteiger partial charge in [0.15, 0.2) is 5.13 Å². The van der Waals surface area contributed by atoms with E-state index in [1.165, 1.54) is 36.3 Å². The number of aryl methyl sites for hydroxylation is 1. The van der Waals surface area contributed by atoms with Crippen LogP contribution in [0.15, 0.2) is 23.6 Å². The Morgan fingerprint density at radius 2 is 2.18 bits per heavy atom. The minimum atomic E-state index is -0.301. The van der Waals surface area contributed by atoms with Crippen LogP contribution in [-0.4, -0.2) is 33.9 Å². The van der Waals surface area contributed by atoms with Crippen LogP contribution in [0.2, 0.25) is 0 Å². The van der Waals surface area contributed by atoms with Crippen molar-refractivity contribution in [2.75, 3.05) is 18.4 Å². The number of carbonyl (C=O) groups excluding carboxylic acids is 1. The number of anilines is 1. The number of nitrogens with one attached hydrogen (secondary N) is 2. The number of amides is 1. The van der Waals surface area contributed by atoms with Gasteiger partial charge in [0, 0.05) is 28.5 Å². The lowest BCUT2D eigenvalue weighted by Crippen LogP contribution is -2.32. The number of hydrogen-bond donors (Lipinski definition) is 2. The summed E-state index contributed by atoms with van der Waals surface area (Å²) in [6.07, 6.45) is 2.66. The average molecular weight is 401 g/mol. The molecule has 0 spiro atoms.